The van der Waals surface area contributed by atoms with Gasteiger partial charge in [-0.25, -0.2) is 0 Å². The Balaban J connectivity index is 1.65. The third-order valence-electron chi connectivity index (χ3n) is 4.83. The number of aliphatic hydroxyl groups is 2. The largest absolute Gasteiger partial charge is 0.384 e. The molecule has 0 fully saturated rings. The van der Waals surface area contributed by atoms with Gasteiger partial charge in [0.15, 0.2) is 6.23 Å². The van der Waals surface area contributed by atoms with Gasteiger partial charge in [0.2, 0.25) is 0 Å². The van der Waals surface area contributed by atoms with Crippen LogP contribution in [0, 0.1) is 0 Å². The molecule has 2 atom stereocenters. The molecule has 26 heavy (non-hydrogen) atoms. The third kappa shape index (κ3) is 2.79. The van der Waals surface area contributed by atoms with E-state index in [4.69, 9.17) is 0 Å². The van der Waals surface area contributed by atoms with E-state index >= 15 is 0 Å². The number of nitrogens with zero attached hydrogens (tertiary/aromatic N) is 1. The molecule has 2 N–H and O–H groups in total. The van der Waals surface area contributed by atoms with Gasteiger partial charge >= 0.3 is 0 Å². The highest BCUT2D eigenvalue weighted by Crippen LogP contribution is 2.34. The Morgan fingerprint density at radius 1 is 0.885 bits per heavy atom. The van der Waals surface area contributed by atoms with Crippen LogP contribution < -0.4 is 0 Å². The average Bonchev–Trinajstić information content (AvgIpc) is 2.94. The number of amides is 1. The molecule has 4 rings (SSSR count). The molecular formula is C22H19NO3. The lowest BCUT2D eigenvalue weighted by Crippen LogP contribution is -2.28. The summed E-state index contributed by atoms with van der Waals surface area (Å²) in [7, 11) is 0. The van der Waals surface area contributed by atoms with Crippen molar-refractivity contribution in [2.75, 3.05) is 0 Å². The van der Waals surface area contributed by atoms with E-state index in [0.29, 0.717) is 11.1 Å². The summed E-state index contributed by atoms with van der Waals surface area (Å²) in [5.74, 6) is -0.197. The van der Waals surface area contributed by atoms with Crippen LogP contribution in [-0.2, 0) is 6.54 Å². The molecule has 2 unspecified atom stereocenters. The van der Waals surface area contributed by atoms with Crippen LogP contribution in [0.5, 0.6) is 0 Å². The van der Waals surface area contributed by atoms with Gasteiger partial charge in [-0.15, -0.1) is 0 Å². The van der Waals surface area contributed by atoms with E-state index < -0.39 is 12.3 Å². The van der Waals surface area contributed by atoms with Crippen molar-refractivity contribution in [1.82, 2.24) is 4.90 Å². The van der Waals surface area contributed by atoms with E-state index in [1.165, 1.54) is 4.90 Å². The summed E-state index contributed by atoms with van der Waals surface area (Å²) in [6.45, 7) is 0.231. The highest BCUT2D eigenvalue weighted by molar-refractivity contribution is 5.98. The second kappa shape index (κ2) is 6.75. The summed E-state index contributed by atoms with van der Waals surface area (Å²) in [4.78, 5) is 14.1. The molecule has 3 aromatic carbocycles. The highest BCUT2D eigenvalue weighted by atomic mass is 16.3. The molecule has 3 aromatic rings. The molecule has 4 heteroatoms. The molecule has 4 nitrogen and oxygen atoms in total. The second-order valence-electron chi connectivity index (χ2n) is 6.41. The van der Waals surface area contributed by atoms with Gasteiger partial charge in [0, 0.05) is 17.7 Å². The highest BCUT2D eigenvalue weighted by Gasteiger charge is 2.35. The molecular weight excluding hydrogens is 326 g/mol. The van der Waals surface area contributed by atoms with Crippen molar-refractivity contribution in [3.63, 3.8) is 0 Å². The van der Waals surface area contributed by atoms with Gasteiger partial charge in [0.1, 0.15) is 6.10 Å². The lowest BCUT2D eigenvalue weighted by molar-refractivity contribution is 0.0134. The molecule has 0 aliphatic carbocycles. The standard InChI is InChI=1S/C22H19NO3/c24-20(15-8-2-1-3-9-15)17-11-5-4-10-16(17)14-23-21(25)18-12-6-7-13-19(18)22(23)26/h1-13,20-21,24-25H,14H2. The van der Waals surface area contributed by atoms with Crippen molar-refractivity contribution >= 4 is 5.91 Å². The van der Waals surface area contributed by atoms with Gasteiger partial charge in [-0.05, 0) is 22.8 Å². The van der Waals surface area contributed by atoms with E-state index in [1.807, 2.05) is 60.7 Å². The smallest absolute Gasteiger partial charge is 0.256 e. The van der Waals surface area contributed by atoms with E-state index in [-0.39, 0.29) is 12.5 Å². The van der Waals surface area contributed by atoms with E-state index in [1.54, 1.807) is 18.2 Å². The minimum atomic E-state index is -0.972. The number of carbonyl (C=O) groups is 1. The van der Waals surface area contributed by atoms with Gasteiger partial charge in [0.25, 0.3) is 5.91 Å². The predicted octanol–water partition coefficient (Wildman–Crippen LogP) is 3.42. The van der Waals surface area contributed by atoms with Gasteiger partial charge in [-0.2, -0.15) is 0 Å². The maximum absolute atomic E-state index is 12.7. The molecule has 0 saturated carbocycles. The first-order valence-corrected chi connectivity index (χ1v) is 8.55. The number of hydrogen-bond donors (Lipinski definition) is 2. The molecule has 1 amide bonds. The third-order valence-corrected chi connectivity index (χ3v) is 4.83. The molecule has 1 heterocycles. The van der Waals surface area contributed by atoms with Gasteiger partial charge in [-0.1, -0.05) is 72.8 Å². The normalized spacial score (nSPS) is 17.2. The molecule has 130 valence electrons. The number of fused-ring (bicyclic) bond motifs is 1. The SMILES string of the molecule is O=C1c2ccccc2C(O)N1Cc1ccccc1C(O)c1ccccc1. The minimum absolute atomic E-state index is 0.197. The molecule has 1 aliphatic heterocycles. The summed E-state index contributed by atoms with van der Waals surface area (Å²) in [5.41, 5.74) is 3.48. The van der Waals surface area contributed by atoms with Crippen LogP contribution in [0.2, 0.25) is 0 Å². The lowest BCUT2D eigenvalue weighted by Gasteiger charge is -2.24. The van der Waals surface area contributed by atoms with Crippen LogP contribution in [0.25, 0.3) is 0 Å². The lowest BCUT2D eigenvalue weighted by atomic mass is 9.96. The zero-order chi connectivity index (χ0) is 18.1. The summed E-state index contributed by atoms with van der Waals surface area (Å²) in [6.07, 6.45) is -1.76. The van der Waals surface area contributed by atoms with Crippen molar-refractivity contribution in [1.29, 1.82) is 0 Å². The Morgan fingerprint density at radius 3 is 2.31 bits per heavy atom. The molecule has 0 radical (unpaired) electrons. The number of hydrogen-bond acceptors (Lipinski definition) is 3. The summed E-state index contributed by atoms with van der Waals surface area (Å²) < 4.78 is 0. The topological polar surface area (TPSA) is 60.8 Å². The van der Waals surface area contributed by atoms with Crippen LogP contribution in [0.15, 0.2) is 78.9 Å². The van der Waals surface area contributed by atoms with E-state index in [9.17, 15) is 15.0 Å². The Bertz CT molecular complexity index is 939. The van der Waals surface area contributed by atoms with Crippen molar-refractivity contribution in [2.24, 2.45) is 0 Å². The quantitative estimate of drug-likeness (QED) is 0.762. The van der Waals surface area contributed by atoms with Crippen molar-refractivity contribution in [3.8, 4) is 0 Å². The monoisotopic (exact) mass is 345 g/mol. The number of carbonyl (C=O) groups excluding carboxylic acids is 1. The number of benzene rings is 3. The first-order valence-electron chi connectivity index (χ1n) is 8.55. The second-order valence-corrected chi connectivity index (χ2v) is 6.41. The molecule has 0 spiro atoms. The van der Waals surface area contributed by atoms with Crippen molar-refractivity contribution in [3.05, 3.63) is 107 Å². The number of rotatable bonds is 4. The minimum Gasteiger partial charge on any atom is -0.384 e. The van der Waals surface area contributed by atoms with Gasteiger partial charge in [0.05, 0.1) is 0 Å². The first-order chi connectivity index (χ1) is 12.7. The fraction of sp³-hybridized carbons (Fsp3) is 0.136. The Hall–Kier alpha value is -2.95. The first kappa shape index (κ1) is 16.5. The van der Waals surface area contributed by atoms with Crippen LogP contribution in [0.1, 0.15) is 44.9 Å². The van der Waals surface area contributed by atoms with Crippen molar-refractivity contribution < 1.29 is 15.0 Å². The van der Waals surface area contributed by atoms with Crippen LogP contribution >= 0.6 is 0 Å². The summed E-state index contributed by atoms with van der Waals surface area (Å²) in [5, 5.41) is 21.3. The average molecular weight is 345 g/mol. The molecule has 0 bridgehead atoms. The fourth-order valence-electron chi connectivity index (χ4n) is 3.45. The summed E-state index contributed by atoms with van der Waals surface area (Å²) in [6, 6.07) is 24.0. The van der Waals surface area contributed by atoms with Gasteiger partial charge in [-0.3, -0.25) is 4.79 Å². The van der Waals surface area contributed by atoms with Crippen LogP contribution in [0.3, 0.4) is 0 Å². The van der Waals surface area contributed by atoms with Crippen LogP contribution in [0.4, 0.5) is 0 Å². The number of aliphatic hydroxyl groups excluding tert-OH is 2. The maximum atomic E-state index is 12.7. The van der Waals surface area contributed by atoms with Crippen LogP contribution in [-0.4, -0.2) is 21.0 Å². The maximum Gasteiger partial charge on any atom is 0.256 e. The van der Waals surface area contributed by atoms with E-state index in [0.717, 1.165) is 16.7 Å². The Labute approximate surface area is 152 Å². The molecule has 1 aliphatic rings. The van der Waals surface area contributed by atoms with Gasteiger partial charge < -0.3 is 15.1 Å². The Kier molecular flexibility index (Phi) is 4.29. The van der Waals surface area contributed by atoms with E-state index in [2.05, 4.69) is 0 Å². The zero-order valence-corrected chi connectivity index (χ0v) is 14.1. The summed E-state index contributed by atoms with van der Waals surface area (Å²) >= 11 is 0. The molecule has 0 saturated heterocycles. The zero-order valence-electron chi connectivity index (χ0n) is 14.1. The fourth-order valence-corrected chi connectivity index (χ4v) is 3.45. The van der Waals surface area contributed by atoms with Crippen molar-refractivity contribution in [2.45, 2.75) is 18.9 Å². The predicted molar refractivity (Wildman–Crippen MR) is 98.2 cm³/mol. The Morgan fingerprint density at radius 2 is 1.54 bits per heavy atom. The molecule has 0 aromatic heterocycles.